The minimum Gasteiger partial charge on any atom is -0.458 e. The summed E-state index contributed by atoms with van der Waals surface area (Å²) >= 11 is 1.12. The molecule has 204 valence electrons. The Bertz CT molecular complexity index is 1480. The number of sulfonamides is 1. The largest absolute Gasteiger partial charge is 0.458 e. The molecule has 2 aromatic heterocycles. The second-order valence-corrected chi connectivity index (χ2v) is 12.2. The van der Waals surface area contributed by atoms with Crippen molar-refractivity contribution in [3.05, 3.63) is 51.4 Å². The van der Waals surface area contributed by atoms with Gasteiger partial charge in [-0.2, -0.15) is 4.31 Å². The fourth-order valence-corrected chi connectivity index (χ4v) is 7.11. The second kappa shape index (κ2) is 11.7. The summed E-state index contributed by atoms with van der Waals surface area (Å²) in [5.41, 5.74) is 0.481. The maximum Gasteiger partial charge on any atom is 0.348 e. The predicted molar refractivity (Wildman–Crippen MR) is 146 cm³/mol. The van der Waals surface area contributed by atoms with Crippen molar-refractivity contribution >= 4 is 49.1 Å². The number of aryl methyl sites for hydroxylation is 1. The molecule has 3 aromatic rings. The van der Waals surface area contributed by atoms with E-state index in [1.54, 1.807) is 20.8 Å². The molecule has 1 aliphatic carbocycles. The third-order valence-corrected chi connectivity index (χ3v) is 9.97. The van der Waals surface area contributed by atoms with Gasteiger partial charge >= 0.3 is 5.97 Å². The Hall–Kier alpha value is -3.09. The third kappa shape index (κ3) is 5.82. The maximum absolute atomic E-state index is 13.2. The Labute approximate surface area is 225 Å². The molecule has 0 radical (unpaired) electrons. The van der Waals surface area contributed by atoms with E-state index in [0.717, 1.165) is 43.4 Å². The molecule has 0 spiro atoms. The van der Waals surface area contributed by atoms with Gasteiger partial charge in [-0.05, 0) is 62.4 Å². The smallest absolute Gasteiger partial charge is 0.348 e. The lowest BCUT2D eigenvalue weighted by Gasteiger charge is -2.21. The lowest BCUT2D eigenvalue weighted by Crippen LogP contribution is -2.30. The lowest BCUT2D eigenvalue weighted by atomic mass is 9.98. The lowest BCUT2D eigenvalue weighted by molar-refractivity contribution is -0.116. The summed E-state index contributed by atoms with van der Waals surface area (Å²) < 4.78 is 33.5. The van der Waals surface area contributed by atoms with E-state index in [1.165, 1.54) is 39.5 Å². The van der Waals surface area contributed by atoms with Gasteiger partial charge in [-0.1, -0.05) is 20.3 Å². The van der Waals surface area contributed by atoms with Gasteiger partial charge < -0.3 is 10.1 Å². The van der Waals surface area contributed by atoms with Gasteiger partial charge in [0.05, 0.1) is 16.6 Å². The number of ether oxygens (including phenoxy) is 1. The Kier molecular flexibility index (Phi) is 8.64. The highest BCUT2D eigenvalue weighted by atomic mass is 32.2. The van der Waals surface area contributed by atoms with E-state index in [2.05, 4.69) is 10.3 Å². The van der Waals surface area contributed by atoms with E-state index < -0.39 is 27.5 Å². The van der Waals surface area contributed by atoms with Gasteiger partial charge in [0, 0.05) is 18.8 Å². The van der Waals surface area contributed by atoms with Crippen molar-refractivity contribution in [1.82, 2.24) is 13.9 Å². The van der Waals surface area contributed by atoms with Crippen LogP contribution in [0, 0.1) is 6.92 Å². The third-order valence-electron chi connectivity index (χ3n) is 6.72. The molecule has 1 amide bonds. The molecule has 0 saturated heterocycles. The first-order valence-electron chi connectivity index (χ1n) is 12.7. The average molecular weight is 561 g/mol. The predicted octanol–water partition coefficient (Wildman–Crippen LogP) is 3.93. The highest BCUT2D eigenvalue weighted by molar-refractivity contribution is 7.89. The summed E-state index contributed by atoms with van der Waals surface area (Å²) in [5, 5.41) is 2.98. The Balaban J connectivity index is 1.47. The number of nitrogens with zero attached hydrogens (tertiary/aromatic N) is 3. The van der Waals surface area contributed by atoms with E-state index in [-0.39, 0.29) is 17.5 Å². The number of aromatic nitrogens is 2. The van der Waals surface area contributed by atoms with Crippen LogP contribution in [-0.2, 0) is 26.1 Å². The van der Waals surface area contributed by atoms with Gasteiger partial charge in [-0.25, -0.2) is 18.2 Å². The number of carbonyl (C=O) groups excluding carboxylic acids is 2. The van der Waals surface area contributed by atoms with Crippen LogP contribution in [0.2, 0.25) is 0 Å². The topological polar surface area (TPSA) is 128 Å². The minimum atomic E-state index is -3.60. The van der Waals surface area contributed by atoms with Crippen LogP contribution >= 0.6 is 11.3 Å². The molecular weight excluding hydrogens is 528 g/mol. The first-order chi connectivity index (χ1) is 18.1. The number of nitrogens with one attached hydrogen (secondary N) is 1. The van der Waals surface area contributed by atoms with Crippen LogP contribution in [0.25, 0.3) is 10.2 Å². The number of fused-ring (bicyclic) bond motifs is 1. The quantitative estimate of drug-likeness (QED) is 0.393. The van der Waals surface area contributed by atoms with Crippen molar-refractivity contribution in [2.45, 2.75) is 70.4 Å². The zero-order valence-corrected chi connectivity index (χ0v) is 23.4. The van der Waals surface area contributed by atoms with Crippen molar-refractivity contribution in [3.8, 4) is 0 Å². The van der Waals surface area contributed by atoms with Gasteiger partial charge in [-0.3, -0.25) is 14.2 Å². The molecule has 0 aliphatic heterocycles. The van der Waals surface area contributed by atoms with E-state index in [9.17, 15) is 22.8 Å². The molecule has 0 bridgehead atoms. The van der Waals surface area contributed by atoms with Crippen molar-refractivity contribution in [1.29, 1.82) is 0 Å². The Morgan fingerprint density at radius 3 is 2.42 bits per heavy atom. The molecule has 1 N–H and O–H groups in total. The van der Waals surface area contributed by atoms with Crippen LogP contribution < -0.4 is 10.9 Å². The molecule has 0 atom stereocenters. The number of benzene rings is 1. The van der Waals surface area contributed by atoms with Crippen LogP contribution in [0.5, 0.6) is 0 Å². The number of rotatable bonds is 9. The number of thiophene rings is 1. The van der Waals surface area contributed by atoms with E-state index in [1.807, 2.05) is 0 Å². The normalized spacial score (nSPS) is 14.6. The van der Waals surface area contributed by atoms with Crippen LogP contribution in [0.1, 0.15) is 61.2 Å². The maximum atomic E-state index is 13.2. The minimum absolute atomic E-state index is 0.0967. The summed E-state index contributed by atoms with van der Waals surface area (Å²) in [7, 11) is -3.60. The molecular formula is C26H32N4O6S2. The van der Waals surface area contributed by atoms with Crippen molar-refractivity contribution in [3.63, 3.8) is 0 Å². The standard InChI is InChI=1S/C26H32N4O6S2/c1-4-30(5-2)38(34,35)20-13-11-18(12-14-20)28-21(31)15-29-16-27-24-22(25(29)32)17(3)23(37-24)26(33)36-19-9-7-6-8-10-19/h11-14,16,19H,4-10,15H2,1-3H3,(H,28,31). The number of anilines is 1. The van der Waals surface area contributed by atoms with E-state index in [4.69, 9.17) is 4.74 Å². The van der Waals surface area contributed by atoms with Gasteiger partial charge in [0.2, 0.25) is 15.9 Å². The molecule has 1 saturated carbocycles. The second-order valence-electron chi connectivity index (χ2n) is 9.24. The molecule has 1 aromatic carbocycles. The van der Waals surface area contributed by atoms with Crippen LogP contribution in [0.4, 0.5) is 5.69 Å². The molecule has 2 heterocycles. The van der Waals surface area contributed by atoms with Crippen molar-refractivity contribution in [2.24, 2.45) is 0 Å². The summed E-state index contributed by atoms with van der Waals surface area (Å²) in [5.74, 6) is -0.912. The van der Waals surface area contributed by atoms with Crippen LogP contribution in [0.3, 0.4) is 0 Å². The number of hydrogen-bond donors (Lipinski definition) is 1. The van der Waals surface area contributed by atoms with E-state index >= 15 is 0 Å². The van der Waals surface area contributed by atoms with Gasteiger partial charge in [0.15, 0.2) is 0 Å². The fourth-order valence-electron chi connectivity index (χ4n) is 4.63. The summed E-state index contributed by atoms with van der Waals surface area (Å²) in [4.78, 5) is 43.8. The summed E-state index contributed by atoms with van der Waals surface area (Å²) in [6.07, 6.45) is 6.12. The number of esters is 1. The summed E-state index contributed by atoms with van der Waals surface area (Å²) in [6.45, 7) is 5.65. The van der Waals surface area contributed by atoms with Gasteiger partial charge in [0.1, 0.15) is 22.4 Å². The van der Waals surface area contributed by atoms with Crippen molar-refractivity contribution < 1.29 is 22.7 Å². The highest BCUT2D eigenvalue weighted by Crippen LogP contribution is 2.29. The Morgan fingerprint density at radius 2 is 1.79 bits per heavy atom. The fraction of sp³-hybridized carbons (Fsp3) is 0.462. The van der Waals surface area contributed by atoms with Gasteiger partial charge in [0.25, 0.3) is 5.56 Å². The van der Waals surface area contributed by atoms with E-state index in [0.29, 0.717) is 39.4 Å². The zero-order chi connectivity index (χ0) is 27.4. The number of carbonyl (C=O) groups is 2. The molecule has 0 unspecified atom stereocenters. The monoisotopic (exact) mass is 560 g/mol. The zero-order valence-electron chi connectivity index (χ0n) is 21.7. The van der Waals surface area contributed by atoms with Crippen LogP contribution in [-0.4, -0.2) is 53.3 Å². The number of hydrogen-bond acceptors (Lipinski definition) is 8. The molecule has 1 aliphatic rings. The first kappa shape index (κ1) is 27.9. The first-order valence-corrected chi connectivity index (χ1v) is 15.0. The molecule has 10 nitrogen and oxygen atoms in total. The average Bonchev–Trinajstić information content (AvgIpc) is 3.24. The molecule has 38 heavy (non-hydrogen) atoms. The highest BCUT2D eigenvalue weighted by Gasteiger charge is 2.25. The molecule has 12 heteroatoms. The van der Waals surface area contributed by atoms with Gasteiger partial charge in [-0.15, -0.1) is 11.3 Å². The van der Waals surface area contributed by atoms with Crippen LogP contribution in [0.15, 0.2) is 40.3 Å². The van der Waals surface area contributed by atoms with Crippen molar-refractivity contribution in [2.75, 3.05) is 18.4 Å². The summed E-state index contributed by atoms with van der Waals surface area (Å²) in [6, 6.07) is 5.88. The molecule has 4 rings (SSSR count). The number of amides is 1. The SMILES string of the molecule is CCN(CC)S(=O)(=O)c1ccc(NC(=O)Cn2cnc3sc(C(=O)OC4CCCCC4)c(C)c3c2=O)cc1. The Morgan fingerprint density at radius 1 is 1.13 bits per heavy atom. The molecule has 1 fully saturated rings.